The SMILES string of the molecule is O=C(C1CC12CCc1ccccc12)N1CCC(O)(C(=O)O)CC1. The maximum atomic E-state index is 12.8. The fraction of sp³-hybridized carbons (Fsp3) is 0.556. The molecular formula is C18H21NO4. The van der Waals surface area contributed by atoms with Crippen molar-refractivity contribution < 1.29 is 19.8 Å². The summed E-state index contributed by atoms with van der Waals surface area (Å²) in [4.78, 5) is 25.6. The average molecular weight is 315 g/mol. The van der Waals surface area contributed by atoms with Gasteiger partial charge < -0.3 is 15.1 Å². The zero-order valence-electron chi connectivity index (χ0n) is 13.0. The van der Waals surface area contributed by atoms with E-state index >= 15 is 0 Å². The highest BCUT2D eigenvalue weighted by Gasteiger charge is 2.62. The van der Waals surface area contributed by atoms with Crippen molar-refractivity contribution in [1.29, 1.82) is 0 Å². The van der Waals surface area contributed by atoms with E-state index in [-0.39, 0.29) is 30.1 Å². The topological polar surface area (TPSA) is 77.8 Å². The molecule has 2 fully saturated rings. The van der Waals surface area contributed by atoms with Crippen LogP contribution in [0.4, 0.5) is 0 Å². The molecule has 2 atom stereocenters. The minimum atomic E-state index is -1.67. The van der Waals surface area contributed by atoms with Crippen LogP contribution in [0.1, 0.15) is 36.8 Å². The van der Waals surface area contributed by atoms with Crippen molar-refractivity contribution in [3.8, 4) is 0 Å². The number of carboxylic acids is 1. The van der Waals surface area contributed by atoms with Crippen LogP contribution in [0.15, 0.2) is 24.3 Å². The number of aliphatic hydroxyl groups is 1. The number of aryl methyl sites for hydroxylation is 1. The molecule has 122 valence electrons. The summed E-state index contributed by atoms with van der Waals surface area (Å²) in [6, 6.07) is 8.39. The molecule has 0 aromatic heterocycles. The number of fused-ring (bicyclic) bond motifs is 2. The van der Waals surface area contributed by atoms with Gasteiger partial charge in [0.05, 0.1) is 0 Å². The number of carbonyl (C=O) groups excluding carboxylic acids is 1. The first-order valence-electron chi connectivity index (χ1n) is 8.29. The first-order chi connectivity index (χ1) is 11.0. The van der Waals surface area contributed by atoms with Crippen molar-refractivity contribution >= 4 is 11.9 Å². The van der Waals surface area contributed by atoms with Gasteiger partial charge >= 0.3 is 5.97 Å². The molecule has 1 saturated heterocycles. The zero-order valence-corrected chi connectivity index (χ0v) is 13.0. The number of piperidine rings is 1. The van der Waals surface area contributed by atoms with Crippen molar-refractivity contribution in [2.45, 2.75) is 43.1 Å². The van der Waals surface area contributed by atoms with E-state index in [4.69, 9.17) is 5.11 Å². The summed E-state index contributed by atoms with van der Waals surface area (Å²) in [5.74, 6) is -1.02. The lowest BCUT2D eigenvalue weighted by Crippen LogP contribution is -2.51. The van der Waals surface area contributed by atoms with E-state index in [2.05, 4.69) is 18.2 Å². The Kier molecular flexibility index (Phi) is 3.07. The summed E-state index contributed by atoms with van der Waals surface area (Å²) in [5.41, 5.74) is 1.05. The number of carboxylic acid groups (broad SMARTS) is 1. The van der Waals surface area contributed by atoms with Crippen molar-refractivity contribution in [2.24, 2.45) is 5.92 Å². The Labute approximate surface area is 134 Å². The molecule has 2 aliphatic carbocycles. The summed E-state index contributed by atoms with van der Waals surface area (Å²) in [7, 11) is 0. The van der Waals surface area contributed by atoms with Crippen LogP contribution in [0.3, 0.4) is 0 Å². The number of carbonyl (C=O) groups is 2. The van der Waals surface area contributed by atoms with E-state index in [1.54, 1.807) is 4.90 Å². The molecule has 2 N–H and O–H groups in total. The molecule has 1 spiro atoms. The van der Waals surface area contributed by atoms with Crippen LogP contribution in [-0.2, 0) is 21.4 Å². The second-order valence-corrected chi connectivity index (χ2v) is 7.23. The maximum Gasteiger partial charge on any atom is 0.335 e. The fourth-order valence-corrected chi connectivity index (χ4v) is 4.45. The van der Waals surface area contributed by atoms with Crippen molar-refractivity contribution in [2.75, 3.05) is 13.1 Å². The third-order valence-electron chi connectivity index (χ3n) is 6.07. The minimum Gasteiger partial charge on any atom is -0.479 e. The number of hydrogen-bond acceptors (Lipinski definition) is 3. The number of benzene rings is 1. The van der Waals surface area contributed by atoms with Gasteiger partial charge in [0.1, 0.15) is 0 Å². The van der Waals surface area contributed by atoms with Crippen LogP contribution in [0.2, 0.25) is 0 Å². The lowest BCUT2D eigenvalue weighted by atomic mass is 9.90. The second kappa shape index (κ2) is 4.81. The van der Waals surface area contributed by atoms with Gasteiger partial charge in [0.25, 0.3) is 0 Å². The molecule has 1 heterocycles. The largest absolute Gasteiger partial charge is 0.479 e. The number of hydrogen-bond donors (Lipinski definition) is 2. The van der Waals surface area contributed by atoms with Crippen LogP contribution in [0.5, 0.6) is 0 Å². The predicted octanol–water partition coefficient (Wildman–Crippen LogP) is 1.33. The molecule has 0 radical (unpaired) electrons. The fourth-order valence-electron chi connectivity index (χ4n) is 4.45. The Hall–Kier alpha value is -1.88. The number of amides is 1. The van der Waals surface area contributed by atoms with Gasteiger partial charge in [0.2, 0.25) is 5.91 Å². The molecule has 1 saturated carbocycles. The summed E-state index contributed by atoms with van der Waals surface area (Å²) in [6.45, 7) is 0.658. The summed E-state index contributed by atoms with van der Waals surface area (Å²) in [5, 5.41) is 19.1. The van der Waals surface area contributed by atoms with Crippen LogP contribution in [0.25, 0.3) is 0 Å². The second-order valence-electron chi connectivity index (χ2n) is 7.23. The zero-order chi connectivity index (χ0) is 16.2. The van der Waals surface area contributed by atoms with E-state index in [9.17, 15) is 14.7 Å². The van der Waals surface area contributed by atoms with E-state index < -0.39 is 11.6 Å². The number of likely N-dealkylation sites (tertiary alicyclic amines) is 1. The minimum absolute atomic E-state index is 0.0220. The van der Waals surface area contributed by atoms with Gasteiger partial charge in [-0.25, -0.2) is 4.79 Å². The Morgan fingerprint density at radius 1 is 1.13 bits per heavy atom. The Balaban J connectivity index is 1.46. The molecule has 1 aliphatic heterocycles. The van der Waals surface area contributed by atoms with E-state index in [0.29, 0.717) is 13.1 Å². The summed E-state index contributed by atoms with van der Waals surface area (Å²) >= 11 is 0. The third kappa shape index (κ3) is 2.10. The van der Waals surface area contributed by atoms with Gasteiger partial charge in [0.15, 0.2) is 5.60 Å². The quantitative estimate of drug-likeness (QED) is 0.863. The highest BCUT2D eigenvalue weighted by atomic mass is 16.4. The molecule has 1 aromatic rings. The standard InChI is InChI=1S/C18H21NO4/c20-15(19-9-7-18(23,8-10-19)16(21)22)14-11-17(14)6-5-12-3-1-2-4-13(12)17/h1-4,14,23H,5-11H2,(H,21,22). The normalized spacial score (nSPS) is 31.0. The Bertz CT molecular complexity index is 677. The first kappa shape index (κ1) is 14.7. The van der Waals surface area contributed by atoms with E-state index in [0.717, 1.165) is 19.3 Å². The number of aliphatic carboxylic acids is 1. The lowest BCUT2D eigenvalue weighted by Gasteiger charge is -2.35. The van der Waals surface area contributed by atoms with Crippen LogP contribution < -0.4 is 0 Å². The van der Waals surface area contributed by atoms with Crippen LogP contribution in [0, 0.1) is 5.92 Å². The number of nitrogens with zero attached hydrogens (tertiary/aromatic N) is 1. The number of rotatable bonds is 2. The molecule has 23 heavy (non-hydrogen) atoms. The smallest absolute Gasteiger partial charge is 0.335 e. The van der Waals surface area contributed by atoms with Gasteiger partial charge in [0, 0.05) is 37.3 Å². The third-order valence-corrected chi connectivity index (χ3v) is 6.07. The lowest BCUT2D eigenvalue weighted by molar-refractivity contribution is -0.165. The molecule has 1 aromatic carbocycles. The van der Waals surface area contributed by atoms with E-state index in [1.807, 2.05) is 6.07 Å². The molecular weight excluding hydrogens is 294 g/mol. The Morgan fingerprint density at radius 3 is 2.52 bits per heavy atom. The average Bonchev–Trinajstić information content (AvgIpc) is 3.17. The van der Waals surface area contributed by atoms with Crippen LogP contribution >= 0.6 is 0 Å². The molecule has 1 amide bonds. The van der Waals surface area contributed by atoms with Gasteiger partial charge in [-0.3, -0.25) is 4.79 Å². The van der Waals surface area contributed by atoms with E-state index in [1.165, 1.54) is 11.1 Å². The summed E-state index contributed by atoms with van der Waals surface area (Å²) in [6.07, 6.45) is 3.21. The Morgan fingerprint density at radius 2 is 1.83 bits per heavy atom. The van der Waals surface area contributed by atoms with Crippen molar-refractivity contribution in [3.63, 3.8) is 0 Å². The molecule has 5 nitrogen and oxygen atoms in total. The molecule has 3 aliphatic rings. The predicted molar refractivity (Wildman–Crippen MR) is 82.9 cm³/mol. The molecule has 4 rings (SSSR count). The highest BCUT2D eigenvalue weighted by molar-refractivity contribution is 5.86. The van der Waals surface area contributed by atoms with Crippen LogP contribution in [-0.4, -0.2) is 45.7 Å². The monoisotopic (exact) mass is 315 g/mol. The molecule has 2 unspecified atom stereocenters. The summed E-state index contributed by atoms with van der Waals surface area (Å²) < 4.78 is 0. The van der Waals surface area contributed by atoms with Crippen molar-refractivity contribution in [3.05, 3.63) is 35.4 Å². The van der Waals surface area contributed by atoms with Gasteiger partial charge in [-0.1, -0.05) is 24.3 Å². The first-order valence-corrected chi connectivity index (χ1v) is 8.29. The van der Waals surface area contributed by atoms with Gasteiger partial charge in [-0.05, 0) is 30.4 Å². The van der Waals surface area contributed by atoms with Crippen molar-refractivity contribution in [1.82, 2.24) is 4.90 Å². The van der Waals surface area contributed by atoms with Gasteiger partial charge in [-0.2, -0.15) is 0 Å². The molecule has 5 heteroatoms. The maximum absolute atomic E-state index is 12.8. The molecule has 0 bridgehead atoms. The van der Waals surface area contributed by atoms with Gasteiger partial charge in [-0.15, -0.1) is 0 Å². The highest BCUT2D eigenvalue weighted by Crippen LogP contribution is 2.62.